The average Bonchev–Trinajstić information content (AvgIpc) is 3.28. The minimum atomic E-state index is -0.860. The summed E-state index contributed by atoms with van der Waals surface area (Å²) in [4.78, 5) is 27.6. The van der Waals surface area contributed by atoms with E-state index in [4.69, 9.17) is 9.26 Å². The lowest BCUT2D eigenvalue weighted by atomic mass is 9.76. The normalized spacial score (nSPS) is 25.8. The summed E-state index contributed by atoms with van der Waals surface area (Å²) < 4.78 is 24.4. The quantitative estimate of drug-likeness (QED) is 0.672. The van der Waals surface area contributed by atoms with Crippen LogP contribution in [0.5, 0.6) is 0 Å². The predicted molar refractivity (Wildman–Crippen MR) is 108 cm³/mol. The zero-order chi connectivity index (χ0) is 21.3. The lowest BCUT2D eigenvalue weighted by molar-refractivity contribution is -0.161. The molecule has 0 bridgehead atoms. The van der Waals surface area contributed by atoms with Crippen LogP contribution in [0.1, 0.15) is 38.9 Å². The molecule has 1 aromatic heterocycles. The molecule has 1 aromatic carbocycles. The second kappa shape index (κ2) is 8.20. The molecule has 160 valence electrons. The average molecular weight is 414 g/mol. The molecule has 1 aliphatic heterocycles. The van der Waals surface area contributed by atoms with E-state index in [9.17, 15) is 14.0 Å². The number of aromatic nitrogens is 1. The van der Waals surface area contributed by atoms with Crippen molar-refractivity contribution >= 4 is 11.9 Å². The number of hydrogen-bond acceptors (Lipinski definition) is 5. The van der Waals surface area contributed by atoms with Gasteiger partial charge in [-0.1, -0.05) is 24.2 Å². The maximum absolute atomic E-state index is 13.5. The van der Waals surface area contributed by atoms with E-state index < -0.39 is 5.41 Å². The van der Waals surface area contributed by atoms with Crippen molar-refractivity contribution in [2.75, 3.05) is 19.7 Å². The van der Waals surface area contributed by atoms with E-state index in [1.54, 1.807) is 25.1 Å². The van der Waals surface area contributed by atoms with E-state index in [0.29, 0.717) is 42.4 Å². The van der Waals surface area contributed by atoms with Gasteiger partial charge in [0.1, 0.15) is 17.3 Å². The second-order valence-corrected chi connectivity index (χ2v) is 8.55. The third-order valence-corrected chi connectivity index (χ3v) is 6.22. The van der Waals surface area contributed by atoms with Gasteiger partial charge in [0, 0.05) is 37.1 Å². The van der Waals surface area contributed by atoms with Crippen LogP contribution in [0.3, 0.4) is 0 Å². The number of piperidine rings is 1. The summed E-state index contributed by atoms with van der Waals surface area (Å²) >= 11 is 0. The number of hydrogen-bond donors (Lipinski definition) is 0. The minimum absolute atomic E-state index is 0.0767. The number of nitrogens with zero attached hydrogens (tertiary/aromatic N) is 2. The van der Waals surface area contributed by atoms with Crippen molar-refractivity contribution in [1.82, 2.24) is 10.1 Å². The summed E-state index contributed by atoms with van der Waals surface area (Å²) in [6.45, 7) is 5.12. The highest BCUT2D eigenvalue weighted by atomic mass is 19.1. The Bertz CT molecular complexity index is 943. The molecular formula is C23H27FN2O4. The van der Waals surface area contributed by atoms with Gasteiger partial charge in [-0.3, -0.25) is 9.59 Å². The molecule has 2 fully saturated rings. The Morgan fingerprint density at radius 3 is 2.87 bits per heavy atom. The second-order valence-electron chi connectivity index (χ2n) is 8.55. The molecular weight excluding hydrogens is 387 g/mol. The molecule has 3 atom stereocenters. The fraction of sp³-hybridized carbons (Fsp3) is 0.522. The Kier molecular flexibility index (Phi) is 5.62. The van der Waals surface area contributed by atoms with Gasteiger partial charge in [-0.2, -0.15) is 0 Å². The van der Waals surface area contributed by atoms with Gasteiger partial charge in [0.05, 0.1) is 12.0 Å². The van der Waals surface area contributed by atoms with Gasteiger partial charge in [0.15, 0.2) is 0 Å². The lowest BCUT2D eigenvalue weighted by Gasteiger charge is -2.40. The van der Waals surface area contributed by atoms with Crippen LogP contribution in [0.15, 0.2) is 34.9 Å². The maximum atomic E-state index is 13.5. The van der Waals surface area contributed by atoms with Crippen LogP contribution < -0.4 is 0 Å². The fourth-order valence-electron chi connectivity index (χ4n) is 4.40. The van der Waals surface area contributed by atoms with E-state index in [1.807, 2.05) is 4.90 Å². The van der Waals surface area contributed by atoms with E-state index in [0.717, 1.165) is 12.8 Å². The first-order valence-electron chi connectivity index (χ1n) is 10.6. The molecule has 3 unspecified atom stereocenters. The van der Waals surface area contributed by atoms with E-state index in [-0.39, 0.29) is 36.6 Å². The van der Waals surface area contributed by atoms with Gasteiger partial charge in [0.25, 0.3) is 0 Å². The van der Waals surface area contributed by atoms with Crippen molar-refractivity contribution in [3.05, 3.63) is 41.9 Å². The number of carbonyl (C=O) groups is 2. The van der Waals surface area contributed by atoms with Gasteiger partial charge in [-0.25, -0.2) is 4.39 Å². The third kappa shape index (κ3) is 4.11. The first-order valence-corrected chi connectivity index (χ1v) is 10.6. The number of ether oxygens (including phenoxy) is 1. The van der Waals surface area contributed by atoms with Gasteiger partial charge >= 0.3 is 5.97 Å². The zero-order valence-electron chi connectivity index (χ0n) is 17.4. The Morgan fingerprint density at radius 2 is 2.17 bits per heavy atom. The SMILES string of the molecule is CCOC(=O)C1(Cc2cc(-c3cccc(F)c3)no2)CCCN(C(=O)C2CC2C)C1. The molecule has 1 saturated carbocycles. The van der Waals surface area contributed by atoms with Gasteiger partial charge in [-0.15, -0.1) is 0 Å². The maximum Gasteiger partial charge on any atom is 0.314 e. The molecule has 0 N–H and O–H groups in total. The third-order valence-electron chi connectivity index (χ3n) is 6.22. The molecule has 2 aliphatic rings. The van der Waals surface area contributed by atoms with Crippen LogP contribution >= 0.6 is 0 Å². The Morgan fingerprint density at radius 1 is 1.37 bits per heavy atom. The molecule has 0 radical (unpaired) electrons. The summed E-state index contributed by atoms with van der Waals surface area (Å²) in [6.07, 6.45) is 2.56. The summed E-state index contributed by atoms with van der Waals surface area (Å²) in [7, 11) is 0. The molecule has 6 nitrogen and oxygen atoms in total. The molecule has 1 saturated heterocycles. The summed E-state index contributed by atoms with van der Waals surface area (Å²) in [6, 6.07) is 7.86. The topological polar surface area (TPSA) is 72.6 Å². The largest absolute Gasteiger partial charge is 0.466 e. The van der Waals surface area contributed by atoms with Crippen molar-refractivity contribution in [3.63, 3.8) is 0 Å². The highest BCUT2D eigenvalue weighted by Gasteiger charge is 2.49. The van der Waals surface area contributed by atoms with E-state index in [2.05, 4.69) is 12.1 Å². The lowest BCUT2D eigenvalue weighted by Crippen LogP contribution is -2.52. The Hall–Kier alpha value is -2.70. The summed E-state index contributed by atoms with van der Waals surface area (Å²) in [5.74, 6) is 0.489. The highest BCUT2D eigenvalue weighted by Crippen LogP contribution is 2.42. The molecule has 0 spiro atoms. The standard InChI is InChI=1S/C23H27FN2O4/c1-3-29-22(28)23(8-5-9-26(14-23)21(27)19-10-15(19)2)13-18-12-20(25-30-18)16-6-4-7-17(24)11-16/h4,6-7,11-12,15,19H,3,5,8-10,13-14H2,1-2H3. The predicted octanol–water partition coefficient (Wildman–Crippen LogP) is 3.85. The number of likely N-dealkylation sites (tertiary alicyclic amines) is 1. The van der Waals surface area contributed by atoms with Crippen LogP contribution in [-0.2, 0) is 20.7 Å². The van der Waals surface area contributed by atoms with Crippen molar-refractivity contribution in [2.24, 2.45) is 17.3 Å². The zero-order valence-corrected chi connectivity index (χ0v) is 17.4. The van der Waals surface area contributed by atoms with Crippen LogP contribution in [0, 0.1) is 23.1 Å². The first kappa shape index (κ1) is 20.6. The first-order chi connectivity index (χ1) is 14.4. The Labute approximate surface area is 175 Å². The number of halogens is 1. The van der Waals surface area contributed by atoms with Crippen molar-refractivity contribution in [2.45, 2.75) is 39.5 Å². The number of benzene rings is 1. The van der Waals surface area contributed by atoms with Crippen molar-refractivity contribution in [3.8, 4) is 11.3 Å². The van der Waals surface area contributed by atoms with Crippen LogP contribution in [0.4, 0.5) is 4.39 Å². The van der Waals surface area contributed by atoms with Gasteiger partial charge in [0.2, 0.25) is 5.91 Å². The van der Waals surface area contributed by atoms with Crippen LogP contribution in [0.2, 0.25) is 0 Å². The monoisotopic (exact) mass is 414 g/mol. The van der Waals surface area contributed by atoms with Crippen molar-refractivity contribution < 1.29 is 23.2 Å². The van der Waals surface area contributed by atoms with Crippen LogP contribution in [0.25, 0.3) is 11.3 Å². The molecule has 4 rings (SSSR count). The Balaban J connectivity index is 1.57. The number of esters is 1. The van der Waals surface area contributed by atoms with E-state index >= 15 is 0 Å². The smallest absolute Gasteiger partial charge is 0.314 e. The molecule has 2 heterocycles. The van der Waals surface area contributed by atoms with E-state index in [1.165, 1.54) is 12.1 Å². The molecule has 2 aromatic rings. The molecule has 30 heavy (non-hydrogen) atoms. The molecule has 1 amide bonds. The van der Waals surface area contributed by atoms with Crippen molar-refractivity contribution in [1.29, 1.82) is 0 Å². The van der Waals surface area contributed by atoms with Crippen LogP contribution in [-0.4, -0.2) is 41.6 Å². The summed E-state index contributed by atoms with van der Waals surface area (Å²) in [5, 5.41) is 4.06. The minimum Gasteiger partial charge on any atom is -0.466 e. The molecule has 1 aliphatic carbocycles. The van der Waals surface area contributed by atoms with Gasteiger partial charge < -0.3 is 14.2 Å². The fourth-order valence-corrected chi connectivity index (χ4v) is 4.40. The molecule has 7 heteroatoms. The highest BCUT2D eigenvalue weighted by molar-refractivity contribution is 5.84. The van der Waals surface area contributed by atoms with Gasteiger partial charge in [-0.05, 0) is 44.2 Å². The number of rotatable bonds is 6. The number of amides is 1. The summed E-state index contributed by atoms with van der Waals surface area (Å²) in [5.41, 5.74) is 0.262. The number of carbonyl (C=O) groups excluding carboxylic acids is 2.